The second-order valence-electron chi connectivity index (χ2n) is 2.30. The number of rotatable bonds is 3. The Kier molecular flexibility index (Phi) is 3.88. The van der Waals surface area contributed by atoms with Gasteiger partial charge < -0.3 is 9.90 Å². The third-order valence-electron chi connectivity index (χ3n) is 0.876. The van der Waals surface area contributed by atoms with Crippen LogP contribution in [0.15, 0.2) is 23.3 Å². The highest BCUT2D eigenvalue weighted by atomic mass is 16.4. The molecule has 0 rings (SSSR count). The molecule has 0 radical (unpaired) electrons. The molecule has 0 aromatic carbocycles. The van der Waals surface area contributed by atoms with Crippen LogP contribution in [0.4, 0.5) is 0 Å². The topological polar surface area (TPSA) is 57.2 Å². The minimum Gasteiger partial charge on any atom is -0.545 e. The monoisotopic (exact) mass is 153 g/mol. The van der Waals surface area contributed by atoms with Gasteiger partial charge in [-0.3, -0.25) is 4.79 Å². The second-order valence-corrected chi connectivity index (χ2v) is 2.30. The molecule has 0 saturated heterocycles. The molecule has 0 fully saturated rings. The van der Waals surface area contributed by atoms with Gasteiger partial charge in [0.05, 0.1) is 5.97 Å². The van der Waals surface area contributed by atoms with Crippen LogP contribution in [0.1, 0.15) is 13.8 Å². The summed E-state index contributed by atoms with van der Waals surface area (Å²) in [7, 11) is 0. The van der Waals surface area contributed by atoms with Crippen molar-refractivity contribution >= 4 is 12.3 Å². The number of aliphatic carboxylic acids is 1. The number of hydrogen-bond acceptors (Lipinski definition) is 3. The van der Waals surface area contributed by atoms with Gasteiger partial charge in [-0.1, -0.05) is 11.6 Å². The first-order valence-corrected chi connectivity index (χ1v) is 3.09. The van der Waals surface area contributed by atoms with Crippen molar-refractivity contribution in [2.24, 2.45) is 0 Å². The van der Waals surface area contributed by atoms with Crippen LogP contribution in [-0.2, 0) is 9.59 Å². The maximum Gasteiger partial charge on any atom is 0.150 e. The van der Waals surface area contributed by atoms with Gasteiger partial charge in [-0.05, 0) is 19.9 Å². The van der Waals surface area contributed by atoms with Crippen molar-refractivity contribution in [3.8, 4) is 0 Å². The fourth-order valence-corrected chi connectivity index (χ4v) is 0.579. The van der Waals surface area contributed by atoms with E-state index in [9.17, 15) is 14.7 Å². The lowest BCUT2D eigenvalue weighted by molar-refractivity contribution is -0.297. The van der Waals surface area contributed by atoms with Crippen molar-refractivity contribution in [3.05, 3.63) is 23.3 Å². The average molecular weight is 153 g/mol. The zero-order valence-electron chi connectivity index (χ0n) is 6.46. The zero-order valence-corrected chi connectivity index (χ0v) is 6.46. The van der Waals surface area contributed by atoms with Crippen LogP contribution in [0.2, 0.25) is 0 Å². The molecule has 11 heavy (non-hydrogen) atoms. The summed E-state index contributed by atoms with van der Waals surface area (Å²) >= 11 is 0. The van der Waals surface area contributed by atoms with Crippen LogP contribution in [0.3, 0.4) is 0 Å². The maximum atomic E-state index is 10.2. The van der Waals surface area contributed by atoms with Crippen molar-refractivity contribution in [1.29, 1.82) is 0 Å². The van der Waals surface area contributed by atoms with E-state index in [1.165, 1.54) is 6.08 Å². The number of carbonyl (C=O) groups excluding carboxylic acids is 2. The molecule has 0 aliphatic heterocycles. The number of carboxylic acid groups (broad SMARTS) is 1. The lowest BCUT2D eigenvalue weighted by Gasteiger charge is -1.94. The molecule has 0 aliphatic rings. The molecule has 0 bridgehead atoms. The molecule has 0 aromatic heterocycles. The highest BCUT2D eigenvalue weighted by Crippen LogP contribution is 1.97. The predicted molar refractivity (Wildman–Crippen MR) is 38.6 cm³/mol. The molecule has 0 heterocycles. The molecule has 0 atom stereocenters. The maximum absolute atomic E-state index is 10.2. The van der Waals surface area contributed by atoms with Gasteiger partial charge in [-0.2, -0.15) is 0 Å². The highest BCUT2D eigenvalue weighted by Gasteiger charge is 1.88. The average Bonchev–Trinajstić information content (AvgIpc) is 1.84. The van der Waals surface area contributed by atoms with E-state index in [2.05, 4.69) is 0 Å². The first-order chi connectivity index (χ1) is 5.06. The number of carbonyl (C=O) groups is 2. The Morgan fingerprint density at radius 2 is 1.82 bits per heavy atom. The number of carboxylic acids is 1. The molecule has 0 saturated carbocycles. The van der Waals surface area contributed by atoms with Crippen molar-refractivity contribution < 1.29 is 14.7 Å². The first kappa shape index (κ1) is 9.62. The quantitative estimate of drug-likeness (QED) is 0.321. The molecular formula is C8H9O3-. The molecule has 3 heteroatoms. The first-order valence-electron chi connectivity index (χ1n) is 3.09. The van der Waals surface area contributed by atoms with Gasteiger partial charge in [0.15, 0.2) is 0 Å². The Morgan fingerprint density at radius 3 is 2.09 bits per heavy atom. The van der Waals surface area contributed by atoms with E-state index in [0.717, 1.165) is 11.6 Å². The van der Waals surface area contributed by atoms with Crippen LogP contribution < -0.4 is 5.11 Å². The Labute approximate surface area is 65.0 Å². The van der Waals surface area contributed by atoms with E-state index < -0.39 is 5.97 Å². The highest BCUT2D eigenvalue weighted by molar-refractivity contribution is 5.89. The summed E-state index contributed by atoms with van der Waals surface area (Å²) in [4.78, 5) is 20.1. The summed E-state index contributed by atoms with van der Waals surface area (Å²) in [6.07, 6.45) is 2.71. The van der Waals surface area contributed by atoms with E-state index in [0.29, 0.717) is 6.29 Å². The van der Waals surface area contributed by atoms with E-state index in [-0.39, 0.29) is 5.57 Å². The van der Waals surface area contributed by atoms with Gasteiger partial charge >= 0.3 is 0 Å². The molecule has 0 aromatic rings. The normalized spacial score (nSPS) is 10.5. The smallest absolute Gasteiger partial charge is 0.150 e. The Morgan fingerprint density at radius 1 is 1.27 bits per heavy atom. The van der Waals surface area contributed by atoms with Gasteiger partial charge in [0.2, 0.25) is 0 Å². The molecule has 0 unspecified atom stereocenters. The van der Waals surface area contributed by atoms with Crippen LogP contribution in [0, 0.1) is 0 Å². The van der Waals surface area contributed by atoms with Crippen LogP contribution in [-0.4, -0.2) is 12.3 Å². The minimum atomic E-state index is -1.36. The number of aldehydes is 1. The largest absolute Gasteiger partial charge is 0.545 e. The van der Waals surface area contributed by atoms with Crippen molar-refractivity contribution in [3.63, 3.8) is 0 Å². The second kappa shape index (κ2) is 4.44. The van der Waals surface area contributed by atoms with Gasteiger partial charge in [0.25, 0.3) is 0 Å². The Bertz CT molecular complexity index is 219. The summed E-state index contributed by atoms with van der Waals surface area (Å²) in [5, 5.41) is 9.97. The van der Waals surface area contributed by atoms with Crippen molar-refractivity contribution in [1.82, 2.24) is 0 Å². The lowest BCUT2D eigenvalue weighted by atomic mass is 10.2. The van der Waals surface area contributed by atoms with Gasteiger partial charge in [-0.15, -0.1) is 0 Å². The summed E-state index contributed by atoms with van der Waals surface area (Å²) < 4.78 is 0. The molecule has 60 valence electrons. The molecule has 0 amide bonds. The van der Waals surface area contributed by atoms with E-state index in [4.69, 9.17) is 0 Å². The Hall–Kier alpha value is -1.38. The standard InChI is InChI=1S/C8H10O3/c1-6(2)3-7(5-9)4-8(10)11/h3-5H,1-2H3,(H,10,11)/p-1. The van der Waals surface area contributed by atoms with Gasteiger partial charge in [-0.25, -0.2) is 0 Å². The zero-order chi connectivity index (χ0) is 8.85. The van der Waals surface area contributed by atoms with Gasteiger partial charge in [0, 0.05) is 5.57 Å². The third kappa shape index (κ3) is 5.08. The third-order valence-corrected chi connectivity index (χ3v) is 0.876. The van der Waals surface area contributed by atoms with Crippen molar-refractivity contribution in [2.45, 2.75) is 13.8 Å². The van der Waals surface area contributed by atoms with Crippen molar-refractivity contribution in [2.75, 3.05) is 0 Å². The molecular weight excluding hydrogens is 144 g/mol. The Balaban J connectivity index is 4.54. The van der Waals surface area contributed by atoms with Crippen LogP contribution in [0.5, 0.6) is 0 Å². The fraction of sp³-hybridized carbons (Fsp3) is 0.250. The molecule has 0 spiro atoms. The molecule has 0 N–H and O–H groups in total. The summed E-state index contributed by atoms with van der Waals surface area (Å²) in [6, 6.07) is 0. The molecule has 0 aliphatic carbocycles. The van der Waals surface area contributed by atoms with Gasteiger partial charge in [0.1, 0.15) is 6.29 Å². The van der Waals surface area contributed by atoms with E-state index in [1.807, 2.05) is 0 Å². The fourth-order valence-electron chi connectivity index (χ4n) is 0.579. The summed E-state index contributed by atoms with van der Waals surface area (Å²) in [5.74, 6) is -1.36. The SMILES string of the molecule is CC(C)=CC(C=O)=CC(=O)[O-]. The summed E-state index contributed by atoms with van der Waals surface area (Å²) in [6.45, 7) is 3.54. The predicted octanol–water partition coefficient (Wildman–Crippen LogP) is -0.172. The minimum absolute atomic E-state index is 0.116. The van der Waals surface area contributed by atoms with Crippen LogP contribution >= 0.6 is 0 Å². The molecule has 3 nitrogen and oxygen atoms in total. The number of hydrogen-bond donors (Lipinski definition) is 0. The summed E-state index contributed by atoms with van der Waals surface area (Å²) in [5.41, 5.74) is 0.981. The van der Waals surface area contributed by atoms with Crippen LogP contribution in [0.25, 0.3) is 0 Å². The number of allylic oxidation sites excluding steroid dienone is 3. The van der Waals surface area contributed by atoms with E-state index >= 15 is 0 Å². The van der Waals surface area contributed by atoms with E-state index in [1.54, 1.807) is 13.8 Å². The lowest BCUT2D eigenvalue weighted by Crippen LogP contribution is -2.19.